The molecule has 0 saturated carbocycles. The third kappa shape index (κ3) is 5.73. The van der Waals surface area contributed by atoms with Gasteiger partial charge in [-0.25, -0.2) is 5.43 Å². The van der Waals surface area contributed by atoms with Crippen LogP contribution < -0.4 is 14.9 Å². The van der Waals surface area contributed by atoms with Crippen molar-refractivity contribution in [2.75, 3.05) is 7.11 Å². The number of amides is 1. The van der Waals surface area contributed by atoms with E-state index >= 15 is 0 Å². The molecule has 1 amide bonds. The van der Waals surface area contributed by atoms with Gasteiger partial charge in [-0.05, 0) is 60.2 Å². The zero-order chi connectivity index (χ0) is 20.6. The first-order valence-electron chi connectivity index (χ1n) is 8.73. The van der Waals surface area contributed by atoms with Crippen LogP contribution in [0.4, 0.5) is 0 Å². The first-order chi connectivity index (χ1) is 14.0. The monoisotopic (exact) mass is 410 g/mol. The highest BCUT2D eigenvalue weighted by Crippen LogP contribution is 2.21. The molecule has 3 rings (SSSR count). The number of aromatic hydroxyl groups is 1. The number of nitrogens with one attached hydrogen (secondary N) is 1. The van der Waals surface area contributed by atoms with E-state index in [9.17, 15) is 9.90 Å². The average Bonchev–Trinajstić information content (AvgIpc) is 2.75. The van der Waals surface area contributed by atoms with Crippen molar-refractivity contribution >= 4 is 23.7 Å². The highest BCUT2D eigenvalue weighted by Gasteiger charge is 2.05. The van der Waals surface area contributed by atoms with Crippen molar-refractivity contribution in [3.8, 4) is 17.2 Å². The van der Waals surface area contributed by atoms with Crippen LogP contribution in [0.1, 0.15) is 21.5 Å². The highest BCUT2D eigenvalue weighted by molar-refractivity contribution is 6.30. The summed E-state index contributed by atoms with van der Waals surface area (Å²) in [6, 6.07) is 18.8. The Morgan fingerprint density at radius 3 is 2.45 bits per heavy atom. The number of methoxy groups -OCH3 is 1. The zero-order valence-electron chi connectivity index (χ0n) is 15.6. The van der Waals surface area contributed by atoms with Crippen molar-refractivity contribution < 1.29 is 19.4 Å². The number of ether oxygens (including phenoxy) is 2. The standard InChI is InChI=1S/C22H19ClN2O4/c1-28-20-10-11-21(26)17(12-20)13-24-25-22(27)16-4-2-15(3-5-16)14-29-19-8-6-18(23)7-9-19/h2-13,26H,14H2,1H3,(H,25,27)/b24-13-. The third-order valence-corrected chi connectivity index (χ3v) is 4.29. The second-order valence-corrected chi connectivity index (χ2v) is 6.50. The Morgan fingerprint density at radius 1 is 1.07 bits per heavy atom. The van der Waals surface area contributed by atoms with Gasteiger partial charge in [0.1, 0.15) is 23.9 Å². The number of hydrazone groups is 1. The lowest BCUT2D eigenvalue weighted by Crippen LogP contribution is -2.17. The number of carbonyl (C=O) groups excluding carboxylic acids is 1. The van der Waals surface area contributed by atoms with Gasteiger partial charge >= 0.3 is 0 Å². The summed E-state index contributed by atoms with van der Waals surface area (Å²) in [5.74, 6) is 0.959. The smallest absolute Gasteiger partial charge is 0.271 e. The summed E-state index contributed by atoms with van der Waals surface area (Å²) in [5, 5.41) is 14.3. The van der Waals surface area contributed by atoms with Crippen LogP contribution in [0.15, 0.2) is 71.8 Å². The van der Waals surface area contributed by atoms with E-state index in [-0.39, 0.29) is 11.7 Å². The molecule has 0 spiro atoms. The van der Waals surface area contributed by atoms with Crippen LogP contribution in [-0.4, -0.2) is 24.3 Å². The van der Waals surface area contributed by atoms with Gasteiger partial charge in [0.2, 0.25) is 0 Å². The number of hydrogen-bond donors (Lipinski definition) is 2. The number of phenols is 1. The molecule has 3 aromatic rings. The molecule has 148 valence electrons. The molecule has 0 aliphatic heterocycles. The number of phenolic OH excluding ortho intramolecular Hbond substituents is 1. The topological polar surface area (TPSA) is 80.2 Å². The summed E-state index contributed by atoms with van der Waals surface area (Å²) in [6.07, 6.45) is 1.35. The van der Waals surface area contributed by atoms with Gasteiger partial charge in [0.25, 0.3) is 5.91 Å². The lowest BCUT2D eigenvalue weighted by atomic mass is 10.1. The Hall–Kier alpha value is -3.51. The lowest BCUT2D eigenvalue weighted by molar-refractivity contribution is 0.0955. The molecule has 0 aromatic heterocycles. The SMILES string of the molecule is COc1ccc(O)c(/C=N\NC(=O)c2ccc(COc3ccc(Cl)cc3)cc2)c1. The van der Waals surface area contributed by atoms with Crippen LogP contribution in [0.3, 0.4) is 0 Å². The van der Waals surface area contributed by atoms with E-state index in [0.29, 0.717) is 34.3 Å². The number of nitrogens with zero attached hydrogens (tertiary/aromatic N) is 1. The van der Waals surface area contributed by atoms with Gasteiger partial charge in [0.15, 0.2) is 0 Å². The molecule has 0 atom stereocenters. The van der Waals surface area contributed by atoms with Crippen LogP contribution in [0.25, 0.3) is 0 Å². The van der Waals surface area contributed by atoms with Crippen LogP contribution in [-0.2, 0) is 6.61 Å². The number of rotatable bonds is 7. The van der Waals surface area contributed by atoms with E-state index in [1.54, 1.807) is 48.5 Å². The minimum absolute atomic E-state index is 0.0360. The van der Waals surface area contributed by atoms with Crippen LogP contribution in [0.5, 0.6) is 17.2 Å². The molecule has 0 radical (unpaired) electrons. The van der Waals surface area contributed by atoms with E-state index < -0.39 is 0 Å². The molecule has 0 fully saturated rings. The number of carbonyl (C=O) groups is 1. The summed E-state index contributed by atoms with van der Waals surface area (Å²) >= 11 is 5.85. The van der Waals surface area contributed by atoms with Gasteiger partial charge in [0.05, 0.1) is 13.3 Å². The van der Waals surface area contributed by atoms with E-state index in [1.165, 1.54) is 19.4 Å². The quantitative estimate of drug-likeness (QED) is 0.447. The van der Waals surface area contributed by atoms with Crippen LogP contribution >= 0.6 is 11.6 Å². The normalized spacial score (nSPS) is 10.7. The maximum atomic E-state index is 12.2. The van der Waals surface area contributed by atoms with Crippen molar-refractivity contribution in [1.29, 1.82) is 0 Å². The Bertz CT molecular complexity index is 1000. The fourth-order valence-electron chi connectivity index (χ4n) is 2.44. The molecule has 6 nitrogen and oxygen atoms in total. The maximum absolute atomic E-state index is 12.2. The minimum atomic E-state index is -0.367. The Kier molecular flexibility index (Phi) is 6.71. The summed E-state index contributed by atoms with van der Waals surface area (Å²) in [7, 11) is 1.53. The third-order valence-electron chi connectivity index (χ3n) is 4.04. The van der Waals surface area contributed by atoms with E-state index in [1.807, 2.05) is 12.1 Å². The fourth-order valence-corrected chi connectivity index (χ4v) is 2.56. The van der Waals surface area contributed by atoms with Gasteiger partial charge in [-0.2, -0.15) is 5.10 Å². The van der Waals surface area contributed by atoms with Gasteiger partial charge in [0, 0.05) is 16.1 Å². The van der Waals surface area contributed by atoms with Crippen molar-refractivity contribution in [3.05, 3.63) is 88.4 Å². The van der Waals surface area contributed by atoms with Gasteiger partial charge in [-0.15, -0.1) is 0 Å². The molecule has 0 saturated heterocycles. The van der Waals surface area contributed by atoms with E-state index in [0.717, 1.165) is 5.56 Å². The van der Waals surface area contributed by atoms with Crippen LogP contribution in [0, 0.1) is 0 Å². The Morgan fingerprint density at radius 2 is 1.76 bits per heavy atom. The molecule has 7 heteroatoms. The summed E-state index contributed by atoms with van der Waals surface area (Å²) in [5.41, 5.74) is 4.23. The fraction of sp³-hybridized carbons (Fsp3) is 0.0909. The summed E-state index contributed by atoms with van der Waals surface area (Å²) in [4.78, 5) is 12.2. The largest absolute Gasteiger partial charge is 0.507 e. The van der Waals surface area contributed by atoms with Crippen molar-refractivity contribution in [3.63, 3.8) is 0 Å². The summed E-state index contributed by atoms with van der Waals surface area (Å²) < 4.78 is 10.8. The second-order valence-electron chi connectivity index (χ2n) is 6.06. The highest BCUT2D eigenvalue weighted by atomic mass is 35.5. The minimum Gasteiger partial charge on any atom is -0.507 e. The van der Waals surface area contributed by atoms with Crippen molar-refractivity contribution in [2.45, 2.75) is 6.61 Å². The van der Waals surface area contributed by atoms with Gasteiger partial charge < -0.3 is 14.6 Å². The average molecular weight is 411 g/mol. The van der Waals surface area contributed by atoms with Crippen molar-refractivity contribution in [2.24, 2.45) is 5.10 Å². The zero-order valence-corrected chi connectivity index (χ0v) is 16.4. The lowest BCUT2D eigenvalue weighted by Gasteiger charge is -2.07. The molecule has 3 aromatic carbocycles. The predicted octanol–water partition coefficient (Wildman–Crippen LogP) is 4.40. The first-order valence-corrected chi connectivity index (χ1v) is 9.10. The van der Waals surface area contributed by atoms with E-state index in [4.69, 9.17) is 21.1 Å². The van der Waals surface area contributed by atoms with E-state index in [2.05, 4.69) is 10.5 Å². The van der Waals surface area contributed by atoms with Gasteiger partial charge in [-0.3, -0.25) is 4.79 Å². The number of halogens is 1. The van der Waals surface area contributed by atoms with Crippen molar-refractivity contribution in [1.82, 2.24) is 5.43 Å². The molecule has 0 aliphatic rings. The molecular formula is C22H19ClN2O4. The number of benzene rings is 3. The molecule has 0 bridgehead atoms. The first kappa shape index (κ1) is 20.2. The molecule has 0 unspecified atom stereocenters. The predicted molar refractivity (Wildman–Crippen MR) is 112 cm³/mol. The molecular weight excluding hydrogens is 392 g/mol. The molecule has 29 heavy (non-hydrogen) atoms. The van der Waals surface area contributed by atoms with Crippen LogP contribution in [0.2, 0.25) is 5.02 Å². The Labute approximate surface area is 173 Å². The maximum Gasteiger partial charge on any atom is 0.271 e. The summed E-state index contributed by atoms with van der Waals surface area (Å²) in [6.45, 7) is 0.372. The Balaban J connectivity index is 1.55. The molecule has 0 heterocycles. The van der Waals surface area contributed by atoms with Gasteiger partial charge in [-0.1, -0.05) is 23.7 Å². The number of hydrogen-bond acceptors (Lipinski definition) is 5. The molecule has 2 N–H and O–H groups in total. The molecule has 0 aliphatic carbocycles. The second kappa shape index (κ2) is 9.61.